The Morgan fingerprint density at radius 1 is 1.24 bits per heavy atom. The van der Waals surface area contributed by atoms with Gasteiger partial charge in [0, 0.05) is 18.3 Å². The number of rotatable bonds is 2. The van der Waals surface area contributed by atoms with Crippen LogP contribution in [-0.4, -0.2) is 26.7 Å². The highest BCUT2D eigenvalue weighted by Gasteiger charge is 2.24. The fourth-order valence-corrected chi connectivity index (χ4v) is 1.98. The third-order valence-electron chi connectivity index (χ3n) is 2.62. The molecule has 0 radical (unpaired) electrons. The molecule has 96 valence electrons. The predicted molar refractivity (Wildman–Crippen MR) is 70.9 cm³/mol. The molecule has 0 aliphatic heterocycles. The van der Waals surface area contributed by atoms with Crippen LogP contribution in [-0.2, 0) is 15.4 Å². The van der Waals surface area contributed by atoms with Crippen molar-refractivity contribution in [1.82, 2.24) is 4.98 Å². The summed E-state index contributed by atoms with van der Waals surface area (Å²) in [4.78, 5) is 4.35. The third-order valence-corrected chi connectivity index (χ3v) is 3.79. The molecule has 0 aliphatic rings. The number of aryl methyl sites for hydroxylation is 1. The van der Waals surface area contributed by atoms with Crippen molar-refractivity contribution in [3.05, 3.63) is 23.4 Å². The largest absolute Gasteiger partial charge is 0.257 e. The Hall–Kier alpha value is -1.10. The van der Waals surface area contributed by atoms with E-state index in [-0.39, 0.29) is 5.41 Å². The first-order valence-electron chi connectivity index (χ1n) is 5.45. The van der Waals surface area contributed by atoms with E-state index in [1.54, 1.807) is 0 Å². The lowest BCUT2D eigenvalue weighted by Gasteiger charge is -2.26. The number of hydrogen-bond donors (Lipinski definition) is 0. The van der Waals surface area contributed by atoms with Gasteiger partial charge < -0.3 is 0 Å². The monoisotopic (exact) mass is 256 g/mol. The van der Waals surface area contributed by atoms with E-state index >= 15 is 0 Å². The van der Waals surface area contributed by atoms with E-state index in [0.717, 1.165) is 11.3 Å². The smallest absolute Gasteiger partial charge is 0.233 e. The maximum absolute atomic E-state index is 11.6. The van der Waals surface area contributed by atoms with Gasteiger partial charge in [-0.3, -0.25) is 4.31 Å². The number of aromatic nitrogens is 1. The van der Waals surface area contributed by atoms with Crippen molar-refractivity contribution in [2.24, 2.45) is 0 Å². The van der Waals surface area contributed by atoms with Crippen LogP contribution < -0.4 is 4.31 Å². The van der Waals surface area contributed by atoms with Gasteiger partial charge in [0.25, 0.3) is 0 Å². The SMILES string of the molecule is Cc1ccc(C(C)(C)C)c(N(C)S(C)(=O)=O)n1. The number of pyridine rings is 1. The highest BCUT2D eigenvalue weighted by Crippen LogP contribution is 2.31. The quantitative estimate of drug-likeness (QED) is 0.814. The summed E-state index contributed by atoms with van der Waals surface area (Å²) in [5, 5.41) is 0. The highest BCUT2D eigenvalue weighted by molar-refractivity contribution is 7.92. The maximum Gasteiger partial charge on any atom is 0.233 e. The Balaban J connectivity index is 3.46. The molecular weight excluding hydrogens is 236 g/mol. The van der Waals surface area contributed by atoms with Gasteiger partial charge in [0.15, 0.2) is 0 Å². The molecule has 1 heterocycles. The summed E-state index contributed by atoms with van der Waals surface area (Å²) in [6.45, 7) is 7.98. The van der Waals surface area contributed by atoms with Crippen LogP contribution in [0.1, 0.15) is 32.0 Å². The summed E-state index contributed by atoms with van der Waals surface area (Å²) in [5.41, 5.74) is 1.59. The molecule has 0 fully saturated rings. The first-order chi connectivity index (χ1) is 7.53. The van der Waals surface area contributed by atoms with Crippen molar-refractivity contribution in [1.29, 1.82) is 0 Å². The molecule has 0 bridgehead atoms. The lowest BCUT2D eigenvalue weighted by Crippen LogP contribution is -2.29. The van der Waals surface area contributed by atoms with E-state index in [1.165, 1.54) is 17.6 Å². The van der Waals surface area contributed by atoms with E-state index in [2.05, 4.69) is 4.98 Å². The fourth-order valence-electron chi connectivity index (χ4n) is 1.53. The van der Waals surface area contributed by atoms with Gasteiger partial charge in [-0.1, -0.05) is 26.8 Å². The van der Waals surface area contributed by atoms with Crippen molar-refractivity contribution in [2.75, 3.05) is 17.6 Å². The summed E-state index contributed by atoms with van der Waals surface area (Å²) >= 11 is 0. The molecule has 1 aromatic rings. The Morgan fingerprint density at radius 2 is 1.76 bits per heavy atom. The van der Waals surface area contributed by atoms with Crippen LogP contribution in [0.25, 0.3) is 0 Å². The molecule has 17 heavy (non-hydrogen) atoms. The standard InChI is InChI=1S/C12H20N2O2S/c1-9-7-8-10(12(2,3)4)11(13-9)14(5)17(6,15)16/h7-8H,1-6H3. The molecule has 0 atom stereocenters. The summed E-state index contributed by atoms with van der Waals surface area (Å²) in [7, 11) is -1.75. The van der Waals surface area contributed by atoms with E-state index in [0.29, 0.717) is 5.82 Å². The summed E-state index contributed by atoms with van der Waals surface area (Å²) < 4.78 is 24.5. The normalized spacial score (nSPS) is 12.6. The van der Waals surface area contributed by atoms with Gasteiger partial charge in [-0.2, -0.15) is 0 Å². The molecule has 0 saturated heterocycles. The minimum atomic E-state index is -3.28. The number of sulfonamides is 1. The molecule has 4 nitrogen and oxygen atoms in total. The highest BCUT2D eigenvalue weighted by atomic mass is 32.2. The second-order valence-corrected chi connectivity index (χ2v) is 7.32. The second-order valence-electron chi connectivity index (χ2n) is 5.30. The van der Waals surface area contributed by atoms with Gasteiger partial charge in [0.2, 0.25) is 10.0 Å². The first kappa shape index (κ1) is 14.0. The van der Waals surface area contributed by atoms with Crippen molar-refractivity contribution in [2.45, 2.75) is 33.1 Å². The van der Waals surface area contributed by atoms with E-state index in [9.17, 15) is 8.42 Å². The van der Waals surface area contributed by atoms with Crippen LogP contribution in [0.4, 0.5) is 5.82 Å². The summed E-state index contributed by atoms with van der Waals surface area (Å²) in [5.74, 6) is 0.514. The third kappa shape index (κ3) is 3.19. The summed E-state index contributed by atoms with van der Waals surface area (Å²) in [6, 6.07) is 3.85. The Kier molecular flexibility index (Phi) is 3.52. The minimum Gasteiger partial charge on any atom is -0.257 e. The van der Waals surface area contributed by atoms with Gasteiger partial charge in [-0.15, -0.1) is 0 Å². The zero-order chi connectivity index (χ0) is 13.4. The molecule has 0 aliphatic carbocycles. The molecule has 0 aromatic carbocycles. The second kappa shape index (κ2) is 4.29. The zero-order valence-corrected chi connectivity index (χ0v) is 12.1. The average molecular weight is 256 g/mol. The van der Waals surface area contributed by atoms with Crippen LogP contribution in [0, 0.1) is 6.92 Å². The Morgan fingerprint density at radius 3 is 2.18 bits per heavy atom. The van der Waals surface area contributed by atoms with Crippen LogP contribution >= 0.6 is 0 Å². The maximum atomic E-state index is 11.6. The lowest BCUT2D eigenvalue weighted by atomic mass is 9.87. The van der Waals surface area contributed by atoms with Crippen molar-refractivity contribution >= 4 is 15.8 Å². The molecular formula is C12H20N2O2S. The number of hydrogen-bond acceptors (Lipinski definition) is 3. The van der Waals surface area contributed by atoms with Crippen LogP contribution in [0.2, 0.25) is 0 Å². The van der Waals surface area contributed by atoms with Gasteiger partial charge in [0.1, 0.15) is 5.82 Å². The van der Waals surface area contributed by atoms with Gasteiger partial charge in [-0.25, -0.2) is 13.4 Å². The lowest BCUT2D eigenvalue weighted by molar-refractivity contribution is 0.583. The zero-order valence-electron chi connectivity index (χ0n) is 11.3. The Labute approximate surface area is 104 Å². The number of anilines is 1. The molecule has 0 spiro atoms. The van der Waals surface area contributed by atoms with Crippen LogP contribution in [0.5, 0.6) is 0 Å². The predicted octanol–water partition coefficient (Wildman–Crippen LogP) is 2.08. The van der Waals surface area contributed by atoms with Gasteiger partial charge in [0.05, 0.1) is 6.26 Å². The van der Waals surface area contributed by atoms with E-state index in [1.807, 2.05) is 39.8 Å². The Bertz CT molecular complexity index is 516. The van der Waals surface area contributed by atoms with Gasteiger partial charge in [-0.05, 0) is 18.4 Å². The molecule has 1 rings (SSSR count). The first-order valence-corrected chi connectivity index (χ1v) is 7.30. The van der Waals surface area contributed by atoms with Crippen LogP contribution in [0.15, 0.2) is 12.1 Å². The molecule has 1 aromatic heterocycles. The van der Waals surface area contributed by atoms with Crippen LogP contribution in [0.3, 0.4) is 0 Å². The van der Waals surface area contributed by atoms with Crippen molar-refractivity contribution in [3.8, 4) is 0 Å². The van der Waals surface area contributed by atoms with E-state index < -0.39 is 10.0 Å². The number of nitrogens with zero attached hydrogens (tertiary/aromatic N) is 2. The average Bonchev–Trinajstić information content (AvgIpc) is 2.13. The van der Waals surface area contributed by atoms with Crippen molar-refractivity contribution in [3.63, 3.8) is 0 Å². The van der Waals surface area contributed by atoms with Gasteiger partial charge >= 0.3 is 0 Å². The van der Waals surface area contributed by atoms with E-state index in [4.69, 9.17) is 0 Å². The molecule has 0 N–H and O–H groups in total. The molecule has 0 saturated carbocycles. The topological polar surface area (TPSA) is 50.3 Å². The van der Waals surface area contributed by atoms with Crippen molar-refractivity contribution < 1.29 is 8.42 Å². The molecule has 0 amide bonds. The minimum absolute atomic E-state index is 0.144. The molecule has 5 heteroatoms. The summed E-state index contributed by atoms with van der Waals surface area (Å²) in [6.07, 6.45) is 1.18. The molecule has 0 unspecified atom stereocenters. The fraction of sp³-hybridized carbons (Fsp3) is 0.583.